The van der Waals surface area contributed by atoms with Gasteiger partial charge in [0.25, 0.3) is 11.5 Å². The largest absolute Gasteiger partial charge is 0.327 e. The summed E-state index contributed by atoms with van der Waals surface area (Å²) in [7, 11) is 0. The lowest BCUT2D eigenvalue weighted by molar-refractivity contribution is 0.0726. The van der Waals surface area contributed by atoms with E-state index in [0.717, 1.165) is 34.5 Å². The molecule has 144 valence electrons. The second kappa shape index (κ2) is 7.72. The number of carbonyl (C=O) groups is 1. The van der Waals surface area contributed by atoms with E-state index >= 15 is 0 Å². The molecule has 5 nitrogen and oxygen atoms in total. The number of aryl methyl sites for hydroxylation is 2. The molecule has 1 saturated carbocycles. The standard InChI is InChI=1S/C22H23N3O2S/c1-15-9-12-28-19(15)14-24(13-17-5-3-4-10-23-17)21(26)20-16(2)8-11-25(22(20)27)18-6-7-18/h3-5,8-12,18H,6-7,13-14H2,1-2H3. The van der Waals surface area contributed by atoms with E-state index in [9.17, 15) is 9.59 Å². The SMILES string of the molecule is Cc1ccsc1CN(Cc1ccccn1)C(=O)c1c(C)ccn(C2CC2)c1=O. The minimum Gasteiger partial charge on any atom is -0.327 e. The van der Waals surface area contributed by atoms with E-state index < -0.39 is 0 Å². The third-order valence-electron chi connectivity index (χ3n) is 5.15. The Balaban J connectivity index is 1.71. The Labute approximate surface area is 168 Å². The molecule has 28 heavy (non-hydrogen) atoms. The molecule has 3 aromatic rings. The molecule has 1 amide bonds. The summed E-state index contributed by atoms with van der Waals surface area (Å²) >= 11 is 1.63. The van der Waals surface area contributed by atoms with Crippen molar-refractivity contribution < 1.29 is 4.79 Å². The van der Waals surface area contributed by atoms with Gasteiger partial charge in [0.15, 0.2) is 0 Å². The quantitative estimate of drug-likeness (QED) is 0.634. The molecule has 0 radical (unpaired) electrons. The van der Waals surface area contributed by atoms with Crippen LogP contribution < -0.4 is 5.56 Å². The molecule has 0 saturated heterocycles. The van der Waals surface area contributed by atoms with E-state index in [2.05, 4.69) is 11.1 Å². The summed E-state index contributed by atoms with van der Waals surface area (Å²) in [5.41, 5.74) is 2.78. The van der Waals surface area contributed by atoms with Gasteiger partial charge in [-0.25, -0.2) is 0 Å². The minimum atomic E-state index is -0.226. The number of pyridine rings is 2. The first-order chi connectivity index (χ1) is 13.5. The van der Waals surface area contributed by atoms with Gasteiger partial charge < -0.3 is 9.47 Å². The summed E-state index contributed by atoms with van der Waals surface area (Å²) in [4.78, 5) is 33.8. The Kier molecular flexibility index (Phi) is 5.13. The zero-order valence-electron chi connectivity index (χ0n) is 16.1. The molecular formula is C22H23N3O2S. The minimum absolute atomic E-state index is 0.179. The summed E-state index contributed by atoms with van der Waals surface area (Å²) in [6, 6.07) is 9.84. The molecule has 0 N–H and O–H groups in total. The molecule has 3 heterocycles. The highest BCUT2D eigenvalue weighted by molar-refractivity contribution is 7.10. The Morgan fingerprint density at radius 2 is 2.00 bits per heavy atom. The maximum atomic E-state index is 13.5. The van der Waals surface area contributed by atoms with Gasteiger partial charge in [0.1, 0.15) is 5.56 Å². The second-order valence-corrected chi connectivity index (χ2v) is 8.33. The number of thiophene rings is 1. The monoisotopic (exact) mass is 393 g/mol. The summed E-state index contributed by atoms with van der Waals surface area (Å²) in [5.74, 6) is -0.226. The fourth-order valence-corrected chi connectivity index (χ4v) is 4.25. The van der Waals surface area contributed by atoms with Crippen molar-refractivity contribution >= 4 is 17.2 Å². The van der Waals surface area contributed by atoms with Crippen molar-refractivity contribution in [2.24, 2.45) is 0 Å². The summed E-state index contributed by atoms with van der Waals surface area (Å²) in [5, 5.41) is 2.03. The topological polar surface area (TPSA) is 55.2 Å². The van der Waals surface area contributed by atoms with Crippen LogP contribution in [-0.4, -0.2) is 20.4 Å². The Bertz CT molecular complexity index is 1050. The number of nitrogens with zero attached hydrogens (tertiary/aromatic N) is 3. The van der Waals surface area contributed by atoms with Crippen LogP contribution in [0.3, 0.4) is 0 Å². The van der Waals surface area contributed by atoms with Crippen LogP contribution in [-0.2, 0) is 13.1 Å². The number of hydrogen-bond acceptors (Lipinski definition) is 4. The molecular weight excluding hydrogens is 370 g/mol. The number of rotatable bonds is 6. The van der Waals surface area contributed by atoms with E-state index in [1.165, 1.54) is 0 Å². The molecule has 0 bridgehead atoms. The maximum Gasteiger partial charge on any atom is 0.263 e. The first-order valence-corrected chi connectivity index (χ1v) is 10.4. The van der Waals surface area contributed by atoms with Crippen LogP contribution in [0.1, 0.15) is 50.9 Å². The lowest BCUT2D eigenvalue weighted by Crippen LogP contribution is -2.37. The molecule has 0 atom stereocenters. The first-order valence-electron chi connectivity index (χ1n) is 9.48. The molecule has 4 rings (SSSR count). The fraction of sp³-hybridized carbons (Fsp3) is 0.318. The third-order valence-corrected chi connectivity index (χ3v) is 6.16. The Hall–Kier alpha value is -2.73. The molecule has 0 aromatic carbocycles. The van der Waals surface area contributed by atoms with E-state index in [1.807, 2.05) is 49.7 Å². The molecule has 0 unspecified atom stereocenters. The molecule has 3 aromatic heterocycles. The maximum absolute atomic E-state index is 13.5. The highest BCUT2D eigenvalue weighted by Gasteiger charge is 2.29. The van der Waals surface area contributed by atoms with Crippen LogP contribution in [0.2, 0.25) is 0 Å². The van der Waals surface area contributed by atoms with Gasteiger partial charge in [0.05, 0.1) is 18.8 Å². The summed E-state index contributed by atoms with van der Waals surface area (Å²) in [6.45, 7) is 4.72. The third kappa shape index (κ3) is 3.78. The molecule has 1 fully saturated rings. The van der Waals surface area contributed by atoms with Crippen LogP contribution >= 0.6 is 11.3 Å². The zero-order chi connectivity index (χ0) is 19.7. The number of hydrogen-bond donors (Lipinski definition) is 0. The fourth-order valence-electron chi connectivity index (χ4n) is 3.33. The van der Waals surface area contributed by atoms with Crippen LogP contribution in [0, 0.1) is 13.8 Å². The molecule has 1 aliphatic rings. The van der Waals surface area contributed by atoms with Gasteiger partial charge in [0, 0.05) is 23.3 Å². The van der Waals surface area contributed by atoms with E-state index in [-0.39, 0.29) is 23.1 Å². The van der Waals surface area contributed by atoms with Gasteiger partial charge in [0.2, 0.25) is 0 Å². The van der Waals surface area contributed by atoms with Crippen LogP contribution in [0.4, 0.5) is 0 Å². The number of amides is 1. The lowest BCUT2D eigenvalue weighted by atomic mass is 10.1. The van der Waals surface area contributed by atoms with Gasteiger partial charge in [-0.1, -0.05) is 6.07 Å². The first kappa shape index (κ1) is 18.6. The van der Waals surface area contributed by atoms with Crippen molar-refractivity contribution in [3.63, 3.8) is 0 Å². The van der Waals surface area contributed by atoms with Gasteiger partial charge in [-0.15, -0.1) is 11.3 Å². The Morgan fingerprint density at radius 3 is 2.64 bits per heavy atom. The lowest BCUT2D eigenvalue weighted by Gasteiger charge is -2.23. The van der Waals surface area contributed by atoms with Crippen LogP contribution in [0.25, 0.3) is 0 Å². The van der Waals surface area contributed by atoms with Crippen molar-refractivity contribution in [1.29, 1.82) is 0 Å². The van der Waals surface area contributed by atoms with E-state index in [1.54, 1.807) is 27.0 Å². The highest BCUT2D eigenvalue weighted by atomic mass is 32.1. The number of carbonyl (C=O) groups excluding carboxylic acids is 1. The normalized spacial score (nSPS) is 13.5. The average molecular weight is 394 g/mol. The molecule has 1 aliphatic carbocycles. The van der Waals surface area contributed by atoms with Crippen molar-refractivity contribution in [1.82, 2.24) is 14.5 Å². The Morgan fingerprint density at radius 1 is 1.18 bits per heavy atom. The van der Waals surface area contributed by atoms with Crippen molar-refractivity contribution in [2.45, 2.75) is 45.8 Å². The molecule has 6 heteroatoms. The van der Waals surface area contributed by atoms with E-state index in [0.29, 0.717) is 13.1 Å². The van der Waals surface area contributed by atoms with Crippen LogP contribution in [0.5, 0.6) is 0 Å². The van der Waals surface area contributed by atoms with Gasteiger partial charge in [-0.3, -0.25) is 14.6 Å². The summed E-state index contributed by atoms with van der Waals surface area (Å²) in [6.07, 6.45) is 5.55. The molecule has 0 spiro atoms. The van der Waals surface area contributed by atoms with Crippen molar-refractivity contribution in [3.8, 4) is 0 Å². The average Bonchev–Trinajstić information content (AvgIpc) is 3.44. The van der Waals surface area contributed by atoms with E-state index in [4.69, 9.17) is 0 Å². The van der Waals surface area contributed by atoms with Crippen LogP contribution in [0.15, 0.2) is 52.9 Å². The van der Waals surface area contributed by atoms with Crippen molar-refractivity contribution in [2.75, 3.05) is 0 Å². The second-order valence-electron chi connectivity index (χ2n) is 7.33. The van der Waals surface area contributed by atoms with Gasteiger partial charge >= 0.3 is 0 Å². The zero-order valence-corrected chi connectivity index (χ0v) is 16.9. The summed E-state index contributed by atoms with van der Waals surface area (Å²) < 4.78 is 1.72. The predicted octanol–water partition coefficient (Wildman–Crippen LogP) is 4.10. The number of aromatic nitrogens is 2. The van der Waals surface area contributed by atoms with Gasteiger partial charge in [-0.2, -0.15) is 0 Å². The van der Waals surface area contributed by atoms with Gasteiger partial charge in [-0.05, 0) is 67.5 Å². The highest BCUT2D eigenvalue weighted by Crippen LogP contribution is 2.33. The smallest absolute Gasteiger partial charge is 0.263 e. The predicted molar refractivity (Wildman–Crippen MR) is 111 cm³/mol. The molecule has 0 aliphatic heterocycles. The van der Waals surface area contributed by atoms with Crippen molar-refractivity contribution in [3.05, 3.63) is 85.7 Å².